The van der Waals surface area contributed by atoms with Gasteiger partial charge in [-0.3, -0.25) is 4.79 Å². The van der Waals surface area contributed by atoms with Gasteiger partial charge in [-0.25, -0.2) is 17.9 Å². The third-order valence-corrected chi connectivity index (χ3v) is 3.83. The molecule has 0 radical (unpaired) electrons. The predicted molar refractivity (Wildman–Crippen MR) is 75.8 cm³/mol. The van der Waals surface area contributed by atoms with E-state index < -0.39 is 21.7 Å². The van der Waals surface area contributed by atoms with Crippen molar-refractivity contribution >= 4 is 15.9 Å². The first-order valence-corrected chi connectivity index (χ1v) is 8.05. The number of sulfonamides is 1. The van der Waals surface area contributed by atoms with Crippen LogP contribution in [0.2, 0.25) is 0 Å². The van der Waals surface area contributed by atoms with Crippen LogP contribution < -0.4 is 5.14 Å². The van der Waals surface area contributed by atoms with Crippen molar-refractivity contribution in [3.63, 3.8) is 0 Å². The van der Waals surface area contributed by atoms with Crippen LogP contribution >= 0.6 is 0 Å². The zero-order valence-corrected chi connectivity index (χ0v) is 12.8. The first kappa shape index (κ1) is 17.5. The molecule has 0 saturated carbocycles. The van der Waals surface area contributed by atoms with Crippen LogP contribution in [0.15, 0.2) is 23.1 Å². The molecule has 0 saturated heterocycles. The molecule has 0 bridgehead atoms. The van der Waals surface area contributed by atoms with Crippen molar-refractivity contribution in [1.29, 1.82) is 0 Å². The highest BCUT2D eigenvalue weighted by Gasteiger charge is 2.23. The Morgan fingerprint density at radius 3 is 2.57 bits per heavy atom. The second-order valence-electron chi connectivity index (χ2n) is 4.27. The minimum Gasteiger partial charge on any atom is -0.380 e. The molecule has 0 atom stereocenters. The van der Waals surface area contributed by atoms with E-state index in [0.717, 1.165) is 18.2 Å². The van der Waals surface area contributed by atoms with E-state index in [2.05, 4.69) is 0 Å². The Kier molecular flexibility index (Phi) is 6.25. The van der Waals surface area contributed by atoms with E-state index in [1.54, 1.807) is 6.92 Å². The quantitative estimate of drug-likeness (QED) is 0.759. The molecule has 0 heterocycles. The third kappa shape index (κ3) is 4.76. The molecule has 0 aliphatic carbocycles. The Labute approximate surface area is 123 Å². The molecule has 0 aliphatic rings. The number of rotatable bonds is 7. The molecule has 21 heavy (non-hydrogen) atoms. The van der Waals surface area contributed by atoms with Crippen LogP contribution in [0.5, 0.6) is 0 Å². The number of amides is 1. The molecular formula is C13H19FN2O4S. The van der Waals surface area contributed by atoms with E-state index >= 15 is 0 Å². The molecule has 0 aliphatic heterocycles. The van der Waals surface area contributed by atoms with Gasteiger partial charge in [0.15, 0.2) is 0 Å². The number of primary sulfonamides is 1. The average molecular weight is 318 g/mol. The zero-order chi connectivity index (χ0) is 16.0. The predicted octanol–water partition coefficient (Wildman–Crippen LogP) is 0.972. The molecule has 1 rings (SSSR count). The van der Waals surface area contributed by atoms with Crippen molar-refractivity contribution in [3.05, 3.63) is 29.6 Å². The average Bonchev–Trinajstić information content (AvgIpc) is 2.41. The molecule has 2 N–H and O–H groups in total. The van der Waals surface area contributed by atoms with Crippen molar-refractivity contribution in [2.24, 2.45) is 5.14 Å². The van der Waals surface area contributed by atoms with Gasteiger partial charge in [-0.05, 0) is 32.0 Å². The summed E-state index contributed by atoms with van der Waals surface area (Å²) in [5, 5.41) is 5.06. The summed E-state index contributed by atoms with van der Waals surface area (Å²) in [5.74, 6) is -1.30. The van der Waals surface area contributed by atoms with E-state index in [1.807, 2.05) is 6.92 Å². The first-order chi connectivity index (χ1) is 9.81. The largest absolute Gasteiger partial charge is 0.380 e. The normalized spacial score (nSPS) is 11.4. The van der Waals surface area contributed by atoms with Crippen LogP contribution in [0.3, 0.4) is 0 Å². The Balaban J connectivity index is 3.12. The monoisotopic (exact) mass is 318 g/mol. The maximum Gasteiger partial charge on any atom is 0.255 e. The fraction of sp³-hybridized carbons (Fsp3) is 0.462. The Bertz CT molecular complexity index is 604. The van der Waals surface area contributed by atoms with Crippen LogP contribution in [0, 0.1) is 5.82 Å². The summed E-state index contributed by atoms with van der Waals surface area (Å²) < 4.78 is 41.5. The van der Waals surface area contributed by atoms with Gasteiger partial charge in [0.25, 0.3) is 5.91 Å². The van der Waals surface area contributed by atoms with Gasteiger partial charge in [0.2, 0.25) is 10.0 Å². The van der Waals surface area contributed by atoms with Gasteiger partial charge in [-0.2, -0.15) is 0 Å². The molecule has 0 spiro atoms. The fourth-order valence-electron chi connectivity index (χ4n) is 1.81. The molecule has 0 fully saturated rings. The molecule has 118 valence electrons. The molecule has 1 amide bonds. The number of nitrogens with two attached hydrogens (primary N) is 1. The summed E-state index contributed by atoms with van der Waals surface area (Å²) in [4.78, 5) is 13.4. The summed E-state index contributed by atoms with van der Waals surface area (Å²) in [6.07, 6.45) is 0. The van der Waals surface area contributed by atoms with E-state index in [1.165, 1.54) is 4.90 Å². The number of hydrogen-bond acceptors (Lipinski definition) is 4. The smallest absolute Gasteiger partial charge is 0.255 e. The third-order valence-electron chi connectivity index (χ3n) is 2.86. The fourth-order valence-corrected chi connectivity index (χ4v) is 2.52. The topological polar surface area (TPSA) is 89.7 Å². The summed E-state index contributed by atoms with van der Waals surface area (Å²) >= 11 is 0. The summed E-state index contributed by atoms with van der Waals surface area (Å²) in [6, 6.07) is 2.83. The summed E-state index contributed by atoms with van der Waals surface area (Å²) in [7, 11) is -4.11. The van der Waals surface area contributed by atoms with E-state index in [0.29, 0.717) is 19.8 Å². The van der Waals surface area contributed by atoms with Gasteiger partial charge < -0.3 is 9.64 Å². The lowest BCUT2D eigenvalue weighted by molar-refractivity contribution is 0.0665. The number of carbonyl (C=O) groups excluding carboxylic acids is 1. The summed E-state index contributed by atoms with van der Waals surface area (Å²) in [6.45, 7) is 5.00. The van der Waals surface area contributed by atoms with Crippen molar-refractivity contribution in [2.45, 2.75) is 18.7 Å². The van der Waals surface area contributed by atoms with Gasteiger partial charge in [0.05, 0.1) is 17.1 Å². The standard InChI is InChI=1S/C13H19FN2O4S/c1-3-16(7-8-20-4-2)13(17)11-9-10(14)5-6-12(11)21(15,18)19/h5-6,9H,3-4,7-8H2,1-2H3,(H2,15,18,19). The number of ether oxygens (including phenoxy) is 1. The number of hydrogen-bond donors (Lipinski definition) is 1. The number of halogens is 1. The van der Waals surface area contributed by atoms with Crippen molar-refractivity contribution in [2.75, 3.05) is 26.3 Å². The molecule has 6 nitrogen and oxygen atoms in total. The minimum absolute atomic E-state index is 0.268. The van der Waals surface area contributed by atoms with Crippen LogP contribution in [-0.2, 0) is 14.8 Å². The van der Waals surface area contributed by atoms with Crippen molar-refractivity contribution in [3.8, 4) is 0 Å². The highest BCUT2D eigenvalue weighted by molar-refractivity contribution is 7.89. The number of likely N-dealkylation sites (N-methyl/N-ethyl adjacent to an activating group) is 1. The van der Waals surface area contributed by atoms with Crippen molar-refractivity contribution < 1.29 is 22.3 Å². The highest BCUT2D eigenvalue weighted by Crippen LogP contribution is 2.18. The Morgan fingerprint density at radius 2 is 2.05 bits per heavy atom. The zero-order valence-electron chi connectivity index (χ0n) is 12.0. The number of benzene rings is 1. The molecule has 8 heteroatoms. The van der Waals surface area contributed by atoms with E-state index in [9.17, 15) is 17.6 Å². The highest BCUT2D eigenvalue weighted by atomic mass is 32.2. The van der Waals surface area contributed by atoms with Gasteiger partial charge in [0.1, 0.15) is 5.82 Å². The van der Waals surface area contributed by atoms with E-state index in [4.69, 9.17) is 9.88 Å². The second-order valence-corrected chi connectivity index (χ2v) is 5.80. The maximum atomic E-state index is 13.3. The summed E-state index contributed by atoms with van der Waals surface area (Å²) in [5.41, 5.74) is -0.268. The Hall–Kier alpha value is -1.51. The van der Waals surface area contributed by atoms with Gasteiger partial charge in [0, 0.05) is 19.7 Å². The number of nitrogens with zero attached hydrogens (tertiary/aromatic N) is 1. The van der Waals surface area contributed by atoms with Gasteiger partial charge >= 0.3 is 0 Å². The number of carbonyl (C=O) groups is 1. The van der Waals surface area contributed by atoms with Crippen LogP contribution in [0.4, 0.5) is 4.39 Å². The molecule has 1 aromatic carbocycles. The SMILES string of the molecule is CCOCCN(CC)C(=O)c1cc(F)ccc1S(N)(=O)=O. The van der Waals surface area contributed by atoms with Crippen molar-refractivity contribution in [1.82, 2.24) is 4.90 Å². The van der Waals surface area contributed by atoms with Crippen LogP contribution in [0.25, 0.3) is 0 Å². The maximum absolute atomic E-state index is 13.3. The van der Waals surface area contributed by atoms with Crippen LogP contribution in [-0.4, -0.2) is 45.5 Å². The Morgan fingerprint density at radius 1 is 1.38 bits per heavy atom. The minimum atomic E-state index is -4.11. The van der Waals surface area contributed by atoms with Crippen LogP contribution in [0.1, 0.15) is 24.2 Å². The molecule has 0 unspecified atom stereocenters. The lowest BCUT2D eigenvalue weighted by Gasteiger charge is -2.21. The lowest BCUT2D eigenvalue weighted by Crippen LogP contribution is -2.35. The molecule has 0 aromatic heterocycles. The second kappa shape index (κ2) is 7.48. The lowest BCUT2D eigenvalue weighted by atomic mass is 10.2. The molecular weight excluding hydrogens is 299 g/mol. The van der Waals surface area contributed by atoms with Gasteiger partial charge in [-0.1, -0.05) is 0 Å². The van der Waals surface area contributed by atoms with E-state index in [-0.39, 0.29) is 17.0 Å². The molecule has 1 aromatic rings. The first-order valence-electron chi connectivity index (χ1n) is 6.50. The van der Waals surface area contributed by atoms with Gasteiger partial charge in [-0.15, -0.1) is 0 Å².